The first kappa shape index (κ1) is 17.2. The second-order valence-electron chi connectivity index (χ2n) is 5.73. The minimum atomic E-state index is -0.994. The molecule has 5 nitrogen and oxygen atoms in total. The number of nitrogens with two attached hydrogens (primary N) is 1. The summed E-state index contributed by atoms with van der Waals surface area (Å²) in [7, 11) is 0. The number of carbonyl (C=O) groups excluding carboxylic acids is 2. The zero-order valence-electron chi connectivity index (χ0n) is 12.4. The van der Waals surface area contributed by atoms with Crippen molar-refractivity contribution in [1.29, 1.82) is 0 Å². The molecule has 1 aliphatic carbocycles. The molecule has 0 saturated heterocycles. The summed E-state index contributed by atoms with van der Waals surface area (Å²) < 4.78 is 10.5. The van der Waals surface area contributed by atoms with E-state index in [9.17, 15) is 9.59 Å². The maximum absolute atomic E-state index is 12.1. The quantitative estimate of drug-likeness (QED) is 0.623. The summed E-state index contributed by atoms with van der Waals surface area (Å²) in [5, 5.41) is 0. The molecule has 2 atom stereocenters. The lowest BCUT2D eigenvalue weighted by Gasteiger charge is -2.39. The van der Waals surface area contributed by atoms with E-state index in [1.807, 2.05) is 13.8 Å². The van der Waals surface area contributed by atoms with Crippen LogP contribution in [0.5, 0.6) is 0 Å². The van der Waals surface area contributed by atoms with E-state index in [4.69, 9.17) is 26.8 Å². The van der Waals surface area contributed by atoms with Crippen LogP contribution in [0, 0.1) is 5.92 Å². The van der Waals surface area contributed by atoms with Crippen LogP contribution in [-0.4, -0.2) is 29.1 Å². The van der Waals surface area contributed by atoms with Crippen LogP contribution in [0.1, 0.15) is 52.9 Å². The van der Waals surface area contributed by atoms with Gasteiger partial charge >= 0.3 is 11.9 Å². The Hall–Kier alpha value is -0.810. The molecular weight excluding hydrogens is 282 g/mol. The van der Waals surface area contributed by atoms with Gasteiger partial charge in [-0.1, -0.05) is 31.9 Å². The van der Waals surface area contributed by atoms with Crippen molar-refractivity contribution < 1.29 is 19.1 Å². The SMILES string of the molecule is CC(=O)OC1(C(N)C(=O)OC(Cl)C(C)C)CCCCC1. The van der Waals surface area contributed by atoms with Gasteiger partial charge in [-0.15, -0.1) is 0 Å². The van der Waals surface area contributed by atoms with Gasteiger partial charge in [-0.25, -0.2) is 0 Å². The topological polar surface area (TPSA) is 78.6 Å². The Morgan fingerprint density at radius 1 is 1.20 bits per heavy atom. The van der Waals surface area contributed by atoms with E-state index >= 15 is 0 Å². The molecular formula is C14H24ClNO4. The van der Waals surface area contributed by atoms with Gasteiger partial charge in [-0.3, -0.25) is 9.59 Å². The summed E-state index contributed by atoms with van der Waals surface area (Å²) in [6, 6.07) is -0.994. The smallest absolute Gasteiger partial charge is 0.328 e. The highest BCUT2D eigenvalue weighted by Crippen LogP contribution is 2.35. The van der Waals surface area contributed by atoms with Gasteiger partial charge in [0.15, 0.2) is 5.56 Å². The Labute approximate surface area is 125 Å². The molecule has 1 saturated carbocycles. The van der Waals surface area contributed by atoms with Crippen molar-refractivity contribution in [2.24, 2.45) is 11.7 Å². The fourth-order valence-electron chi connectivity index (χ4n) is 2.45. The third kappa shape index (κ3) is 4.35. The Morgan fingerprint density at radius 3 is 2.20 bits per heavy atom. The maximum Gasteiger partial charge on any atom is 0.328 e. The molecule has 116 valence electrons. The predicted molar refractivity (Wildman–Crippen MR) is 76.1 cm³/mol. The number of rotatable bonds is 5. The Kier molecular flexibility index (Phi) is 6.27. The molecule has 1 fully saturated rings. The highest BCUT2D eigenvalue weighted by atomic mass is 35.5. The van der Waals surface area contributed by atoms with Crippen LogP contribution in [0.2, 0.25) is 0 Å². The average molecular weight is 306 g/mol. The van der Waals surface area contributed by atoms with Crippen molar-refractivity contribution in [3.8, 4) is 0 Å². The van der Waals surface area contributed by atoms with Crippen molar-refractivity contribution in [2.75, 3.05) is 0 Å². The number of alkyl halides is 1. The maximum atomic E-state index is 12.1. The van der Waals surface area contributed by atoms with Gasteiger partial charge in [0, 0.05) is 12.8 Å². The molecule has 0 bridgehead atoms. The lowest BCUT2D eigenvalue weighted by atomic mass is 9.79. The van der Waals surface area contributed by atoms with E-state index in [1.165, 1.54) is 6.92 Å². The van der Waals surface area contributed by atoms with Crippen LogP contribution in [-0.2, 0) is 19.1 Å². The van der Waals surface area contributed by atoms with Crippen molar-refractivity contribution >= 4 is 23.5 Å². The van der Waals surface area contributed by atoms with Crippen molar-refractivity contribution in [2.45, 2.75) is 70.1 Å². The van der Waals surface area contributed by atoms with Gasteiger partial charge in [0.05, 0.1) is 0 Å². The minimum absolute atomic E-state index is 0.0103. The molecule has 0 aromatic carbocycles. The zero-order chi connectivity index (χ0) is 15.3. The second kappa shape index (κ2) is 7.27. The van der Waals surface area contributed by atoms with E-state index in [2.05, 4.69) is 0 Å². The predicted octanol–water partition coefficient (Wildman–Crippen LogP) is 2.34. The van der Waals surface area contributed by atoms with Crippen LogP contribution >= 0.6 is 11.6 Å². The second-order valence-corrected chi connectivity index (χ2v) is 6.16. The molecule has 0 aromatic rings. The van der Waals surface area contributed by atoms with E-state index < -0.39 is 29.1 Å². The van der Waals surface area contributed by atoms with Crippen LogP contribution in [0.15, 0.2) is 0 Å². The average Bonchev–Trinajstić information content (AvgIpc) is 2.37. The number of hydrogen-bond acceptors (Lipinski definition) is 5. The van der Waals surface area contributed by atoms with Crippen LogP contribution in [0.4, 0.5) is 0 Å². The van der Waals surface area contributed by atoms with E-state index in [0.29, 0.717) is 12.8 Å². The summed E-state index contributed by atoms with van der Waals surface area (Å²) in [5.41, 5.74) is 4.33. The lowest BCUT2D eigenvalue weighted by Crippen LogP contribution is -2.57. The first-order valence-electron chi connectivity index (χ1n) is 7.08. The third-order valence-corrected chi connectivity index (χ3v) is 4.21. The zero-order valence-corrected chi connectivity index (χ0v) is 13.1. The molecule has 2 N–H and O–H groups in total. The molecule has 6 heteroatoms. The van der Waals surface area contributed by atoms with Gasteiger partial charge in [-0.2, -0.15) is 0 Å². The van der Waals surface area contributed by atoms with Gasteiger partial charge in [0.2, 0.25) is 0 Å². The molecule has 1 aliphatic rings. The highest BCUT2D eigenvalue weighted by molar-refractivity contribution is 6.20. The Bertz CT molecular complexity index is 353. The number of ether oxygens (including phenoxy) is 2. The first-order chi connectivity index (χ1) is 9.28. The third-order valence-electron chi connectivity index (χ3n) is 3.62. The van der Waals surface area contributed by atoms with Crippen molar-refractivity contribution in [3.05, 3.63) is 0 Å². The summed E-state index contributed by atoms with van der Waals surface area (Å²) in [6.45, 7) is 5.02. The van der Waals surface area contributed by atoms with E-state index in [1.54, 1.807) is 0 Å². The number of carbonyl (C=O) groups is 2. The van der Waals surface area contributed by atoms with Crippen molar-refractivity contribution in [1.82, 2.24) is 0 Å². The van der Waals surface area contributed by atoms with Crippen LogP contribution in [0.3, 0.4) is 0 Å². The lowest BCUT2D eigenvalue weighted by molar-refractivity contribution is -0.173. The summed E-state index contributed by atoms with van der Waals surface area (Å²) in [5.74, 6) is -1.05. The number of hydrogen-bond donors (Lipinski definition) is 1. The number of esters is 2. The fourth-order valence-corrected chi connectivity index (χ4v) is 2.54. The molecule has 1 rings (SSSR count). The van der Waals surface area contributed by atoms with Gasteiger partial charge in [0.25, 0.3) is 0 Å². The molecule has 0 aliphatic heterocycles. The molecule has 0 aromatic heterocycles. The standard InChI is InChI=1S/C14H24ClNO4/c1-9(2)12(15)19-13(18)11(16)14(20-10(3)17)7-5-4-6-8-14/h9,11-12H,4-8,16H2,1-3H3. The van der Waals surface area contributed by atoms with Gasteiger partial charge in [0.1, 0.15) is 11.6 Å². The summed E-state index contributed by atoms with van der Waals surface area (Å²) >= 11 is 5.94. The van der Waals surface area contributed by atoms with E-state index in [-0.39, 0.29) is 5.92 Å². The van der Waals surface area contributed by atoms with Gasteiger partial charge in [-0.05, 0) is 25.7 Å². The highest BCUT2D eigenvalue weighted by Gasteiger charge is 2.46. The van der Waals surface area contributed by atoms with Crippen LogP contribution in [0.25, 0.3) is 0 Å². The summed E-state index contributed by atoms with van der Waals surface area (Å²) in [6.07, 6.45) is 3.97. The minimum Gasteiger partial charge on any atom is -0.457 e. The summed E-state index contributed by atoms with van der Waals surface area (Å²) in [4.78, 5) is 23.4. The molecule has 2 unspecified atom stereocenters. The molecule has 0 radical (unpaired) electrons. The molecule has 20 heavy (non-hydrogen) atoms. The molecule has 0 heterocycles. The van der Waals surface area contributed by atoms with Gasteiger partial charge < -0.3 is 15.2 Å². The molecule has 0 amide bonds. The first-order valence-corrected chi connectivity index (χ1v) is 7.52. The van der Waals surface area contributed by atoms with Crippen LogP contribution < -0.4 is 5.73 Å². The number of halogens is 1. The van der Waals surface area contributed by atoms with Crippen molar-refractivity contribution in [3.63, 3.8) is 0 Å². The normalized spacial score (nSPS) is 21.1. The van der Waals surface area contributed by atoms with E-state index in [0.717, 1.165) is 19.3 Å². The Morgan fingerprint density at radius 2 is 1.75 bits per heavy atom. The molecule has 0 spiro atoms. The monoisotopic (exact) mass is 305 g/mol. The fraction of sp³-hybridized carbons (Fsp3) is 0.857. The Balaban J connectivity index is 2.79. The largest absolute Gasteiger partial charge is 0.457 e.